The van der Waals surface area contributed by atoms with Gasteiger partial charge in [0.05, 0.1) is 11.4 Å². The van der Waals surface area contributed by atoms with E-state index in [1.807, 2.05) is 22.3 Å². The molecule has 0 aliphatic heterocycles. The zero-order valence-electron chi connectivity index (χ0n) is 20.8. The van der Waals surface area contributed by atoms with Crippen LogP contribution in [0.15, 0.2) is 109 Å². The summed E-state index contributed by atoms with van der Waals surface area (Å²) in [5.41, 5.74) is 9.70. The minimum Gasteiger partial charge on any atom is -0.270 e. The van der Waals surface area contributed by atoms with Crippen LogP contribution in [0.4, 0.5) is 11.4 Å². The first-order valence-corrected chi connectivity index (χ1v) is 13.4. The molecule has 6 aromatic rings. The molecule has 2 heteroatoms. The molecule has 7 rings (SSSR count). The molecule has 0 N–H and O–H groups in total. The number of terminal acetylenes is 1. The summed E-state index contributed by atoms with van der Waals surface area (Å²) < 4.78 is 2.69. The number of anilines is 2. The molecule has 176 valence electrons. The molecule has 1 aromatic heterocycles. The first-order valence-electron chi connectivity index (χ1n) is 12.6. The number of rotatable bonds is 3. The predicted molar refractivity (Wildman–Crippen MR) is 160 cm³/mol. The minimum absolute atomic E-state index is 0.0636. The Morgan fingerprint density at radius 2 is 1.35 bits per heavy atom. The minimum atomic E-state index is -0.0636. The van der Waals surface area contributed by atoms with E-state index in [0.29, 0.717) is 0 Å². The van der Waals surface area contributed by atoms with Crippen LogP contribution in [0.3, 0.4) is 0 Å². The highest BCUT2D eigenvalue weighted by Gasteiger charge is 2.37. The molecule has 0 fully saturated rings. The largest absolute Gasteiger partial charge is 0.270 e. The Labute approximate surface area is 221 Å². The van der Waals surface area contributed by atoms with E-state index in [2.05, 4.69) is 123 Å². The first-order chi connectivity index (χ1) is 18.1. The standard InChI is InChI=1S/C35H25NS/c1-4-36(25-16-14-24(15-17-25)23-10-6-5-7-11-23)26-18-20-30-29(22-26)33-31(35(30,2)3)21-19-28-27-12-8-9-13-32(27)37-34(28)33/h1,5-22H,2-3H3. The number of nitrogens with zero attached hydrogens (tertiary/aromatic N) is 1. The number of benzene rings is 5. The first kappa shape index (κ1) is 21.9. The predicted octanol–water partition coefficient (Wildman–Crippen LogP) is 9.76. The van der Waals surface area contributed by atoms with E-state index in [1.54, 1.807) is 0 Å². The van der Waals surface area contributed by atoms with E-state index < -0.39 is 0 Å². The molecule has 0 atom stereocenters. The molecular formula is C35H25NS. The van der Waals surface area contributed by atoms with Crippen molar-refractivity contribution in [3.8, 4) is 34.7 Å². The van der Waals surface area contributed by atoms with Gasteiger partial charge in [-0.05, 0) is 58.1 Å². The summed E-state index contributed by atoms with van der Waals surface area (Å²) in [6, 6.07) is 41.9. The van der Waals surface area contributed by atoms with Crippen LogP contribution in [0.25, 0.3) is 42.4 Å². The molecule has 0 saturated carbocycles. The fraction of sp³-hybridized carbons (Fsp3) is 0.0857. The summed E-state index contributed by atoms with van der Waals surface area (Å²) >= 11 is 1.89. The summed E-state index contributed by atoms with van der Waals surface area (Å²) in [5.74, 6) is 0. The lowest BCUT2D eigenvalue weighted by molar-refractivity contribution is 0.661. The lowest BCUT2D eigenvalue weighted by Gasteiger charge is -2.23. The molecule has 0 spiro atoms. The third-order valence-corrected chi connectivity index (χ3v) is 8.99. The van der Waals surface area contributed by atoms with Crippen molar-refractivity contribution >= 4 is 42.9 Å². The van der Waals surface area contributed by atoms with Crippen molar-refractivity contribution in [1.29, 1.82) is 0 Å². The average Bonchev–Trinajstić information content (AvgIpc) is 3.42. The van der Waals surface area contributed by atoms with Crippen molar-refractivity contribution in [2.45, 2.75) is 19.3 Å². The Morgan fingerprint density at radius 3 is 2.14 bits per heavy atom. The van der Waals surface area contributed by atoms with Crippen LogP contribution in [0.5, 0.6) is 0 Å². The van der Waals surface area contributed by atoms with Gasteiger partial charge in [0.2, 0.25) is 0 Å². The third kappa shape index (κ3) is 3.25. The highest BCUT2D eigenvalue weighted by Crippen LogP contribution is 2.54. The molecule has 0 amide bonds. The molecule has 1 nitrogen and oxygen atoms in total. The van der Waals surface area contributed by atoms with Gasteiger partial charge in [-0.2, -0.15) is 0 Å². The van der Waals surface area contributed by atoms with Gasteiger partial charge in [-0.25, -0.2) is 0 Å². The summed E-state index contributed by atoms with van der Waals surface area (Å²) in [5, 5.41) is 2.66. The summed E-state index contributed by atoms with van der Waals surface area (Å²) in [6.07, 6.45) is 6.10. The quantitative estimate of drug-likeness (QED) is 0.176. The molecule has 0 bridgehead atoms. The second kappa shape index (κ2) is 8.10. The highest BCUT2D eigenvalue weighted by molar-refractivity contribution is 7.26. The Kier molecular flexibility index (Phi) is 4.80. The van der Waals surface area contributed by atoms with Crippen molar-refractivity contribution in [2.75, 3.05) is 4.90 Å². The lowest BCUT2D eigenvalue weighted by Crippen LogP contribution is -2.15. The monoisotopic (exact) mass is 491 g/mol. The Morgan fingerprint density at radius 1 is 0.676 bits per heavy atom. The lowest BCUT2D eigenvalue weighted by atomic mass is 9.82. The van der Waals surface area contributed by atoms with E-state index in [0.717, 1.165) is 11.4 Å². The van der Waals surface area contributed by atoms with Crippen LogP contribution in [-0.4, -0.2) is 0 Å². The maximum atomic E-state index is 6.10. The second-order valence-electron chi connectivity index (χ2n) is 10.2. The fourth-order valence-corrected chi connectivity index (χ4v) is 7.14. The maximum absolute atomic E-state index is 6.10. The van der Waals surface area contributed by atoms with E-state index in [9.17, 15) is 0 Å². The molecule has 1 heterocycles. The van der Waals surface area contributed by atoms with Gasteiger partial charge in [-0.15, -0.1) is 11.3 Å². The third-order valence-electron chi connectivity index (χ3n) is 7.79. The summed E-state index contributed by atoms with van der Waals surface area (Å²) in [6.45, 7) is 4.66. The van der Waals surface area contributed by atoms with E-state index >= 15 is 0 Å². The second-order valence-corrected chi connectivity index (χ2v) is 11.2. The van der Waals surface area contributed by atoms with E-state index in [1.165, 1.54) is 53.6 Å². The zero-order valence-corrected chi connectivity index (χ0v) is 21.6. The van der Waals surface area contributed by atoms with Gasteiger partial charge in [0, 0.05) is 37.2 Å². The molecular weight excluding hydrogens is 466 g/mol. The highest BCUT2D eigenvalue weighted by atomic mass is 32.1. The van der Waals surface area contributed by atoms with Crippen LogP contribution in [0.1, 0.15) is 25.0 Å². The molecule has 0 radical (unpaired) electrons. The van der Waals surface area contributed by atoms with Crippen molar-refractivity contribution in [2.24, 2.45) is 0 Å². The van der Waals surface area contributed by atoms with Crippen LogP contribution in [-0.2, 0) is 5.41 Å². The van der Waals surface area contributed by atoms with Crippen molar-refractivity contribution < 1.29 is 0 Å². The van der Waals surface area contributed by atoms with Gasteiger partial charge in [-0.3, -0.25) is 4.90 Å². The molecule has 0 saturated heterocycles. The van der Waals surface area contributed by atoms with Crippen molar-refractivity contribution in [3.63, 3.8) is 0 Å². The van der Waals surface area contributed by atoms with Gasteiger partial charge >= 0.3 is 0 Å². The maximum Gasteiger partial charge on any atom is 0.0551 e. The van der Waals surface area contributed by atoms with Gasteiger partial charge in [0.15, 0.2) is 0 Å². The number of hydrogen-bond acceptors (Lipinski definition) is 2. The molecule has 5 aromatic carbocycles. The average molecular weight is 492 g/mol. The van der Waals surface area contributed by atoms with Crippen molar-refractivity contribution in [3.05, 3.63) is 120 Å². The number of hydrogen-bond donors (Lipinski definition) is 0. The smallest absolute Gasteiger partial charge is 0.0551 e. The van der Waals surface area contributed by atoms with Gasteiger partial charge in [0.1, 0.15) is 0 Å². The number of thiophene rings is 1. The molecule has 1 aliphatic rings. The zero-order chi connectivity index (χ0) is 25.1. The van der Waals surface area contributed by atoms with Crippen molar-refractivity contribution in [1.82, 2.24) is 0 Å². The Hall–Kier alpha value is -4.32. The van der Waals surface area contributed by atoms with Crippen LogP contribution >= 0.6 is 11.3 Å². The van der Waals surface area contributed by atoms with Gasteiger partial charge in [-0.1, -0.05) is 99.1 Å². The summed E-state index contributed by atoms with van der Waals surface area (Å²) in [4.78, 5) is 1.95. The van der Waals surface area contributed by atoms with E-state index in [4.69, 9.17) is 6.42 Å². The SMILES string of the molecule is C#CN(c1ccc(-c2ccccc2)cc1)c1ccc2c(c1)-c1c(ccc3c1sc1ccccc13)C2(C)C. The Balaban J connectivity index is 1.37. The topological polar surface area (TPSA) is 3.24 Å². The Bertz CT molecular complexity index is 1850. The summed E-state index contributed by atoms with van der Waals surface area (Å²) in [7, 11) is 0. The van der Waals surface area contributed by atoms with Gasteiger partial charge in [0.25, 0.3) is 0 Å². The van der Waals surface area contributed by atoms with Crippen LogP contribution in [0, 0.1) is 12.5 Å². The molecule has 0 unspecified atom stereocenters. The van der Waals surface area contributed by atoms with Crippen LogP contribution < -0.4 is 4.90 Å². The van der Waals surface area contributed by atoms with E-state index in [-0.39, 0.29) is 5.41 Å². The normalized spacial score (nSPS) is 13.3. The number of fused-ring (bicyclic) bond motifs is 7. The molecule has 1 aliphatic carbocycles. The molecule has 37 heavy (non-hydrogen) atoms. The van der Waals surface area contributed by atoms with Crippen LogP contribution in [0.2, 0.25) is 0 Å². The van der Waals surface area contributed by atoms with Gasteiger partial charge < -0.3 is 0 Å². The fourth-order valence-electron chi connectivity index (χ4n) is 5.88.